The monoisotopic (exact) mass is 499 g/mol. The van der Waals surface area contributed by atoms with Crippen molar-refractivity contribution in [1.29, 1.82) is 0 Å². The Bertz CT molecular complexity index is 1040. The predicted molar refractivity (Wildman–Crippen MR) is 139 cm³/mol. The van der Waals surface area contributed by atoms with Gasteiger partial charge in [0, 0.05) is 55.3 Å². The van der Waals surface area contributed by atoms with Gasteiger partial charge in [0.15, 0.2) is 5.78 Å². The van der Waals surface area contributed by atoms with Gasteiger partial charge < -0.3 is 15.0 Å². The number of rotatable bonds is 6. The second-order valence-corrected chi connectivity index (χ2v) is 10.7. The molecule has 0 aromatic heterocycles. The normalized spacial score (nSPS) is 25.9. The molecule has 0 amide bonds. The van der Waals surface area contributed by atoms with Gasteiger partial charge in [-0.05, 0) is 55.9 Å². The number of fused-ring (bicyclic) bond motifs is 1. The summed E-state index contributed by atoms with van der Waals surface area (Å²) in [7, 11) is 1.57. The van der Waals surface area contributed by atoms with Crippen LogP contribution in [0.3, 0.4) is 0 Å². The zero-order chi connectivity index (χ0) is 24.4. The molecule has 2 aliphatic heterocycles. The molecule has 188 valence electrons. The van der Waals surface area contributed by atoms with Gasteiger partial charge in [-0.3, -0.25) is 9.69 Å². The Morgan fingerprint density at radius 1 is 1.11 bits per heavy atom. The van der Waals surface area contributed by atoms with Gasteiger partial charge in [0.25, 0.3) is 0 Å². The van der Waals surface area contributed by atoms with Gasteiger partial charge in [0.2, 0.25) is 0 Å². The number of benzene rings is 2. The minimum Gasteiger partial charge on any atom is -0.494 e. The number of para-hydroxylation sites is 1. The average molecular weight is 500 g/mol. The Morgan fingerprint density at radius 3 is 2.69 bits per heavy atom. The van der Waals surface area contributed by atoms with E-state index in [-0.39, 0.29) is 29.2 Å². The number of carbonyl (C=O) groups excluding carboxylic acids is 1. The molecule has 5 nitrogen and oxygen atoms in total. The maximum Gasteiger partial charge on any atom is 0.155 e. The highest BCUT2D eigenvalue weighted by Crippen LogP contribution is 2.35. The third-order valence-corrected chi connectivity index (χ3v) is 8.35. The molecule has 0 radical (unpaired) electrons. The van der Waals surface area contributed by atoms with E-state index in [2.05, 4.69) is 39.4 Å². The molecule has 4 unspecified atom stereocenters. The fourth-order valence-corrected chi connectivity index (χ4v) is 6.48. The summed E-state index contributed by atoms with van der Waals surface area (Å²) in [6.45, 7) is 3.07. The first-order chi connectivity index (χ1) is 17.0. The van der Waals surface area contributed by atoms with E-state index < -0.39 is 0 Å². The van der Waals surface area contributed by atoms with Crippen LogP contribution in [0.5, 0.6) is 5.75 Å². The predicted octanol–water partition coefficient (Wildman–Crippen LogP) is 5.12. The summed E-state index contributed by atoms with van der Waals surface area (Å²) < 4.78 is 19.2. The maximum absolute atomic E-state index is 14.0. The van der Waals surface area contributed by atoms with E-state index in [4.69, 9.17) is 16.3 Å². The zero-order valence-corrected chi connectivity index (χ0v) is 21.1. The summed E-state index contributed by atoms with van der Waals surface area (Å²) in [6.07, 6.45) is 5.67. The molecule has 2 aromatic rings. The Labute approximate surface area is 212 Å². The molecule has 1 N–H and O–H groups in total. The van der Waals surface area contributed by atoms with Crippen molar-refractivity contribution in [2.45, 2.75) is 56.0 Å². The van der Waals surface area contributed by atoms with Crippen LogP contribution in [0.1, 0.15) is 37.7 Å². The molecule has 0 bridgehead atoms. The number of ketones is 1. The molecule has 2 aromatic carbocycles. The third kappa shape index (κ3) is 5.29. The smallest absolute Gasteiger partial charge is 0.155 e. The van der Waals surface area contributed by atoms with E-state index in [1.807, 2.05) is 0 Å². The molecular weight excluding hydrogens is 465 g/mol. The quantitative estimate of drug-likeness (QED) is 0.559. The maximum atomic E-state index is 14.0. The number of nitrogens with zero attached hydrogens (tertiary/aromatic N) is 2. The number of alkyl halides is 1. The van der Waals surface area contributed by atoms with Gasteiger partial charge in [-0.1, -0.05) is 24.6 Å². The van der Waals surface area contributed by atoms with E-state index in [0.29, 0.717) is 11.5 Å². The zero-order valence-electron chi connectivity index (χ0n) is 20.4. The van der Waals surface area contributed by atoms with Crippen molar-refractivity contribution in [2.75, 3.05) is 43.5 Å². The largest absolute Gasteiger partial charge is 0.494 e. The summed E-state index contributed by atoms with van der Waals surface area (Å²) in [6, 6.07) is 13.0. The summed E-state index contributed by atoms with van der Waals surface area (Å²) >= 11 is 6.50. The highest BCUT2D eigenvalue weighted by molar-refractivity contribution is 6.20. The molecule has 1 saturated heterocycles. The number of carbonyl (C=O) groups is 1. The minimum atomic E-state index is -0.302. The number of piperazine rings is 1. The Kier molecular flexibility index (Phi) is 7.49. The number of methoxy groups -OCH3 is 1. The summed E-state index contributed by atoms with van der Waals surface area (Å²) in [5, 5.41) is 3.82. The number of hydrogen-bond acceptors (Lipinski definition) is 5. The average Bonchev–Trinajstić information content (AvgIpc) is 2.89. The van der Waals surface area contributed by atoms with Gasteiger partial charge in [-0.15, -0.1) is 11.6 Å². The Balaban J connectivity index is 1.35. The van der Waals surface area contributed by atoms with Crippen molar-refractivity contribution >= 4 is 28.8 Å². The molecule has 0 spiro atoms. The topological polar surface area (TPSA) is 44.8 Å². The lowest BCUT2D eigenvalue weighted by Crippen LogP contribution is -2.60. The summed E-state index contributed by atoms with van der Waals surface area (Å²) in [5.41, 5.74) is 3.37. The van der Waals surface area contributed by atoms with E-state index >= 15 is 0 Å². The highest BCUT2D eigenvalue weighted by Gasteiger charge is 2.41. The number of aryl methyl sites for hydroxylation is 1. The molecule has 5 rings (SSSR count). The van der Waals surface area contributed by atoms with Crippen LogP contribution in [-0.4, -0.2) is 61.4 Å². The minimum absolute atomic E-state index is 0.0328. The Morgan fingerprint density at radius 2 is 1.91 bits per heavy atom. The summed E-state index contributed by atoms with van der Waals surface area (Å²) in [5.74, 6) is 0.626. The van der Waals surface area contributed by atoms with Crippen molar-refractivity contribution in [3.63, 3.8) is 0 Å². The first-order valence-electron chi connectivity index (χ1n) is 12.9. The standard InChI is InChI=1S/C28H35ClFN3O2/c1-35-26-18-22(30)10-12-25(26)32-13-15-33(16-14-32)27(28(34)20-6-4-7-21(29)17-20)24-11-9-19-5-2-3-8-23(19)31-24/h2-3,5,8,10,12,18,20-21,24,27,31H,4,6-7,9,11,13-17H2,1H3. The second-order valence-electron chi connectivity index (χ2n) is 10.1. The van der Waals surface area contributed by atoms with Crippen LogP contribution in [0.4, 0.5) is 15.8 Å². The molecule has 1 aliphatic carbocycles. The number of nitrogens with one attached hydrogen (secondary N) is 1. The SMILES string of the molecule is COc1cc(F)ccc1N1CCN(C(C(=O)C2CCCC(Cl)C2)C2CCc3ccccc3N2)CC1. The molecule has 2 fully saturated rings. The van der Waals surface area contributed by atoms with Crippen molar-refractivity contribution in [2.24, 2.45) is 5.92 Å². The first kappa shape index (κ1) is 24.4. The van der Waals surface area contributed by atoms with Crippen LogP contribution in [-0.2, 0) is 11.2 Å². The molecule has 3 aliphatic rings. The van der Waals surface area contributed by atoms with Gasteiger partial charge in [0.1, 0.15) is 11.6 Å². The first-order valence-corrected chi connectivity index (χ1v) is 13.3. The number of anilines is 2. The van der Waals surface area contributed by atoms with Crippen LogP contribution in [0.2, 0.25) is 0 Å². The van der Waals surface area contributed by atoms with Gasteiger partial charge in [0.05, 0.1) is 18.8 Å². The van der Waals surface area contributed by atoms with Crippen molar-refractivity contribution in [3.8, 4) is 5.75 Å². The fraction of sp³-hybridized carbons (Fsp3) is 0.536. The van der Waals surface area contributed by atoms with Crippen molar-refractivity contribution < 1.29 is 13.9 Å². The van der Waals surface area contributed by atoms with Crippen LogP contribution in [0.15, 0.2) is 42.5 Å². The number of ether oxygens (including phenoxy) is 1. The lowest BCUT2D eigenvalue weighted by molar-refractivity contribution is -0.130. The molecule has 4 atom stereocenters. The van der Waals surface area contributed by atoms with E-state index in [9.17, 15) is 9.18 Å². The van der Waals surface area contributed by atoms with E-state index in [1.165, 1.54) is 17.7 Å². The molecule has 1 saturated carbocycles. The number of halogens is 2. The van der Waals surface area contributed by atoms with Crippen LogP contribution < -0.4 is 15.0 Å². The van der Waals surface area contributed by atoms with Gasteiger partial charge in [-0.2, -0.15) is 0 Å². The summed E-state index contributed by atoms with van der Waals surface area (Å²) in [4.78, 5) is 18.6. The molecule has 2 heterocycles. The van der Waals surface area contributed by atoms with Gasteiger partial charge in [-0.25, -0.2) is 4.39 Å². The lowest BCUT2D eigenvalue weighted by Gasteiger charge is -2.45. The molecule has 35 heavy (non-hydrogen) atoms. The van der Waals surface area contributed by atoms with Crippen LogP contribution in [0, 0.1) is 11.7 Å². The van der Waals surface area contributed by atoms with Crippen molar-refractivity contribution in [1.82, 2.24) is 4.90 Å². The second kappa shape index (κ2) is 10.8. The van der Waals surface area contributed by atoms with Gasteiger partial charge >= 0.3 is 0 Å². The highest BCUT2D eigenvalue weighted by atomic mass is 35.5. The van der Waals surface area contributed by atoms with E-state index in [0.717, 1.165) is 76.1 Å². The lowest BCUT2D eigenvalue weighted by atomic mass is 9.79. The van der Waals surface area contributed by atoms with Crippen LogP contribution >= 0.6 is 11.6 Å². The third-order valence-electron chi connectivity index (χ3n) is 7.96. The Hall–Kier alpha value is -2.31. The molecular formula is C28H35ClFN3O2. The number of Topliss-reactive ketones (excluding diaryl/α,β-unsaturated/α-hetero) is 1. The van der Waals surface area contributed by atoms with E-state index in [1.54, 1.807) is 13.2 Å². The fourth-order valence-electron chi connectivity index (χ4n) is 6.12. The van der Waals surface area contributed by atoms with Crippen LogP contribution in [0.25, 0.3) is 0 Å². The molecule has 7 heteroatoms. The van der Waals surface area contributed by atoms with Crippen molar-refractivity contribution in [3.05, 3.63) is 53.8 Å². The number of hydrogen-bond donors (Lipinski definition) is 1.